The van der Waals surface area contributed by atoms with Crippen LogP contribution in [0.5, 0.6) is 0 Å². The third-order valence-corrected chi connectivity index (χ3v) is 6.71. The molecule has 4 rings (SSSR count). The molecule has 3 heterocycles. The fourth-order valence-electron chi connectivity index (χ4n) is 4.52. The van der Waals surface area contributed by atoms with Gasteiger partial charge in [-0.25, -0.2) is 0 Å². The van der Waals surface area contributed by atoms with Crippen molar-refractivity contribution in [3.8, 4) is 0 Å². The highest BCUT2D eigenvalue weighted by atomic mass is 32.1. The molecule has 2 fully saturated rings. The molecule has 0 saturated carbocycles. The molecule has 2 aromatic rings. The summed E-state index contributed by atoms with van der Waals surface area (Å²) >= 11 is 1.77. The fraction of sp³-hybridized carbons (Fsp3) is 0.450. The molecule has 1 aromatic carbocycles. The summed E-state index contributed by atoms with van der Waals surface area (Å²) in [5, 5.41) is 4.39. The zero-order valence-electron chi connectivity index (χ0n) is 14.1. The molecule has 0 bridgehead atoms. The van der Waals surface area contributed by atoms with Gasteiger partial charge in [-0.15, -0.1) is 0 Å². The van der Waals surface area contributed by atoms with Crippen molar-refractivity contribution in [1.29, 1.82) is 0 Å². The van der Waals surface area contributed by atoms with Crippen LogP contribution in [0.25, 0.3) is 0 Å². The van der Waals surface area contributed by atoms with Crippen LogP contribution in [0.15, 0.2) is 47.2 Å². The predicted molar refractivity (Wildman–Crippen MR) is 98.1 cm³/mol. The van der Waals surface area contributed by atoms with E-state index in [0.29, 0.717) is 18.2 Å². The number of hydrogen-bond donors (Lipinski definition) is 0. The van der Waals surface area contributed by atoms with E-state index in [-0.39, 0.29) is 5.54 Å². The zero-order valence-corrected chi connectivity index (χ0v) is 15.0. The molecule has 0 radical (unpaired) electrons. The summed E-state index contributed by atoms with van der Waals surface area (Å²) in [4.78, 5) is 17.1. The van der Waals surface area contributed by atoms with Gasteiger partial charge in [0.1, 0.15) is 0 Å². The Labute approximate surface area is 147 Å². The van der Waals surface area contributed by atoms with Crippen molar-refractivity contribution in [2.75, 3.05) is 20.1 Å². The minimum Gasteiger partial charge on any atom is -0.339 e. The summed E-state index contributed by atoms with van der Waals surface area (Å²) in [6.45, 7) is 3.17. The smallest absolute Gasteiger partial charge is 0.223 e. The lowest BCUT2D eigenvalue weighted by molar-refractivity contribution is -0.130. The van der Waals surface area contributed by atoms with Gasteiger partial charge in [0.25, 0.3) is 0 Å². The van der Waals surface area contributed by atoms with Crippen LogP contribution in [0, 0.1) is 0 Å². The summed E-state index contributed by atoms with van der Waals surface area (Å²) in [7, 11) is 2.01. The van der Waals surface area contributed by atoms with E-state index < -0.39 is 0 Å². The van der Waals surface area contributed by atoms with Crippen LogP contribution in [0.3, 0.4) is 0 Å². The van der Waals surface area contributed by atoms with Gasteiger partial charge in [-0.05, 0) is 40.8 Å². The van der Waals surface area contributed by atoms with Gasteiger partial charge in [-0.2, -0.15) is 11.3 Å². The monoisotopic (exact) mass is 340 g/mol. The quantitative estimate of drug-likeness (QED) is 0.850. The van der Waals surface area contributed by atoms with Crippen LogP contribution in [0.1, 0.15) is 36.3 Å². The van der Waals surface area contributed by atoms with Crippen LogP contribution in [0.2, 0.25) is 0 Å². The van der Waals surface area contributed by atoms with Gasteiger partial charge in [-0.1, -0.05) is 30.3 Å². The van der Waals surface area contributed by atoms with Crippen molar-refractivity contribution in [1.82, 2.24) is 9.80 Å². The summed E-state index contributed by atoms with van der Waals surface area (Å²) in [5.41, 5.74) is 2.73. The lowest BCUT2D eigenvalue weighted by Gasteiger charge is -2.47. The number of piperidine rings is 1. The molecule has 4 heteroatoms. The maximum Gasteiger partial charge on any atom is 0.223 e. The van der Waals surface area contributed by atoms with E-state index in [9.17, 15) is 4.79 Å². The van der Waals surface area contributed by atoms with Gasteiger partial charge in [0, 0.05) is 39.0 Å². The number of likely N-dealkylation sites (tertiary alicyclic amines) is 2. The number of amides is 1. The fourth-order valence-corrected chi connectivity index (χ4v) is 5.18. The molecule has 1 amide bonds. The van der Waals surface area contributed by atoms with E-state index >= 15 is 0 Å². The minimum absolute atomic E-state index is 0.00355. The molecule has 2 aliphatic rings. The molecule has 1 aromatic heterocycles. The highest BCUT2D eigenvalue weighted by Gasteiger charge is 2.52. The SMILES string of the molecule is CN1C(=O)C[C@H](c2ccccc2)C12CCN(Cc1ccsc1)CC2. The zero-order chi connectivity index (χ0) is 16.6. The maximum atomic E-state index is 12.5. The Morgan fingerprint density at radius 2 is 1.92 bits per heavy atom. The summed E-state index contributed by atoms with van der Waals surface area (Å²) in [5.74, 6) is 0.634. The van der Waals surface area contributed by atoms with Crippen LogP contribution in [-0.2, 0) is 11.3 Å². The van der Waals surface area contributed by atoms with E-state index in [4.69, 9.17) is 0 Å². The largest absolute Gasteiger partial charge is 0.339 e. The van der Waals surface area contributed by atoms with Crippen molar-refractivity contribution in [2.24, 2.45) is 0 Å². The van der Waals surface area contributed by atoms with Crippen LogP contribution < -0.4 is 0 Å². The Bertz CT molecular complexity index is 690. The van der Waals surface area contributed by atoms with E-state index in [1.165, 1.54) is 11.1 Å². The highest BCUT2D eigenvalue weighted by molar-refractivity contribution is 7.07. The van der Waals surface area contributed by atoms with Crippen molar-refractivity contribution in [3.63, 3.8) is 0 Å². The molecular formula is C20H24N2OS. The Kier molecular flexibility index (Phi) is 4.19. The number of hydrogen-bond acceptors (Lipinski definition) is 3. The number of nitrogens with zero attached hydrogens (tertiary/aromatic N) is 2. The number of carbonyl (C=O) groups excluding carboxylic acids is 1. The Morgan fingerprint density at radius 3 is 2.58 bits per heavy atom. The standard InChI is InChI=1S/C20H24N2OS/c1-21-19(23)13-18(17-5-3-2-4-6-17)20(21)8-10-22(11-9-20)14-16-7-12-24-15-16/h2-7,12,15,18H,8-11,13-14H2,1H3/t18-/m1/s1. The van der Waals surface area contributed by atoms with E-state index in [2.05, 4.69) is 57.0 Å². The average molecular weight is 340 g/mol. The van der Waals surface area contributed by atoms with E-state index in [1.807, 2.05) is 7.05 Å². The van der Waals surface area contributed by atoms with Gasteiger partial charge < -0.3 is 4.90 Å². The molecule has 1 atom stereocenters. The van der Waals surface area contributed by atoms with Crippen molar-refractivity contribution >= 4 is 17.2 Å². The first-order valence-electron chi connectivity index (χ1n) is 8.74. The topological polar surface area (TPSA) is 23.6 Å². The van der Waals surface area contributed by atoms with Crippen molar-refractivity contribution < 1.29 is 4.79 Å². The molecule has 0 aliphatic carbocycles. The van der Waals surface area contributed by atoms with Crippen LogP contribution in [-0.4, -0.2) is 41.4 Å². The van der Waals surface area contributed by atoms with Gasteiger partial charge >= 0.3 is 0 Å². The van der Waals surface area contributed by atoms with Gasteiger partial charge in [0.15, 0.2) is 0 Å². The molecule has 1 spiro atoms. The molecule has 126 valence electrons. The number of rotatable bonds is 3. The predicted octanol–water partition coefficient (Wildman–Crippen LogP) is 3.73. The summed E-state index contributed by atoms with van der Waals surface area (Å²) in [6, 6.07) is 12.8. The molecule has 2 saturated heterocycles. The second-order valence-electron chi connectivity index (χ2n) is 7.13. The number of carbonyl (C=O) groups is 1. The molecular weight excluding hydrogens is 316 g/mol. The first kappa shape index (κ1) is 15.9. The van der Waals surface area contributed by atoms with Crippen molar-refractivity contribution in [3.05, 3.63) is 58.3 Å². The normalized spacial score (nSPS) is 24.0. The lowest BCUT2D eigenvalue weighted by Crippen LogP contribution is -2.53. The summed E-state index contributed by atoms with van der Waals surface area (Å²) < 4.78 is 0. The lowest BCUT2D eigenvalue weighted by atomic mass is 9.73. The van der Waals surface area contributed by atoms with Crippen LogP contribution >= 0.6 is 11.3 Å². The molecule has 0 N–H and O–H groups in total. The number of thiophene rings is 1. The second-order valence-corrected chi connectivity index (χ2v) is 7.91. The van der Waals surface area contributed by atoms with Crippen molar-refractivity contribution in [2.45, 2.75) is 37.3 Å². The minimum atomic E-state index is 0.00355. The van der Waals surface area contributed by atoms with Gasteiger partial charge in [0.05, 0.1) is 5.54 Å². The maximum absolute atomic E-state index is 12.5. The van der Waals surface area contributed by atoms with Crippen LogP contribution in [0.4, 0.5) is 0 Å². The van der Waals surface area contributed by atoms with Gasteiger partial charge in [-0.3, -0.25) is 9.69 Å². The number of benzene rings is 1. The third kappa shape index (κ3) is 2.68. The average Bonchev–Trinajstić information content (AvgIpc) is 3.21. The summed E-state index contributed by atoms with van der Waals surface area (Å²) in [6.07, 6.45) is 2.79. The molecule has 2 aliphatic heterocycles. The third-order valence-electron chi connectivity index (χ3n) is 5.98. The highest BCUT2D eigenvalue weighted by Crippen LogP contribution is 2.48. The first-order valence-corrected chi connectivity index (χ1v) is 9.68. The molecule has 0 unspecified atom stereocenters. The van der Waals surface area contributed by atoms with E-state index in [0.717, 1.165) is 32.5 Å². The Morgan fingerprint density at radius 1 is 1.17 bits per heavy atom. The molecule has 24 heavy (non-hydrogen) atoms. The Hall–Kier alpha value is -1.65. The second kappa shape index (κ2) is 6.34. The van der Waals surface area contributed by atoms with E-state index in [1.54, 1.807) is 11.3 Å². The first-order chi connectivity index (χ1) is 11.7. The van der Waals surface area contributed by atoms with Gasteiger partial charge in [0.2, 0.25) is 5.91 Å². The number of likely N-dealkylation sites (N-methyl/N-ethyl adjacent to an activating group) is 1. The Balaban J connectivity index is 1.53. The molecule has 3 nitrogen and oxygen atoms in total.